The molecular formula is C17H11N3O. The van der Waals surface area contributed by atoms with Gasteiger partial charge in [0.2, 0.25) is 0 Å². The molecule has 0 atom stereocenters. The number of fused-ring (bicyclic) bond motifs is 3. The monoisotopic (exact) mass is 273 g/mol. The first-order chi connectivity index (χ1) is 10.3. The molecule has 0 aliphatic carbocycles. The zero-order valence-corrected chi connectivity index (χ0v) is 11.1. The summed E-state index contributed by atoms with van der Waals surface area (Å²) in [5.41, 5.74) is 1.56. The molecule has 0 unspecified atom stereocenters. The fourth-order valence-corrected chi connectivity index (χ4v) is 2.46. The lowest BCUT2D eigenvalue weighted by Crippen LogP contribution is -2.16. The van der Waals surface area contributed by atoms with Gasteiger partial charge in [0.1, 0.15) is 5.82 Å². The highest BCUT2D eigenvalue weighted by Gasteiger charge is 2.06. The van der Waals surface area contributed by atoms with Gasteiger partial charge in [-0.05, 0) is 24.3 Å². The number of rotatable bonds is 1. The number of aromatic nitrogens is 3. The maximum atomic E-state index is 11.9. The van der Waals surface area contributed by atoms with E-state index in [1.165, 1.54) is 10.6 Å². The van der Waals surface area contributed by atoms with Gasteiger partial charge in [-0.1, -0.05) is 24.3 Å². The Labute approximate surface area is 120 Å². The van der Waals surface area contributed by atoms with Crippen molar-refractivity contribution in [1.82, 2.24) is 14.5 Å². The van der Waals surface area contributed by atoms with Crippen LogP contribution in [0.3, 0.4) is 0 Å². The summed E-state index contributed by atoms with van der Waals surface area (Å²) in [5.74, 6) is 0.603. The van der Waals surface area contributed by atoms with Gasteiger partial charge in [0.15, 0.2) is 0 Å². The van der Waals surface area contributed by atoms with Gasteiger partial charge in [-0.25, -0.2) is 4.98 Å². The molecule has 3 heterocycles. The highest BCUT2D eigenvalue weighted by atomic mass is 16.1. The third kappa shape index (κ3) is 1.89. The minimum Gasteiger partial charge on any atom is -0.269 e. The molecule has 0 aliphatic heterocycles. The van der Waals surface area contributed by atoms with E-state index in [1.807, 2.05) is 42.5 Å². The van der Waals surface area contributed by atoms with Crippen LogP contribution < -0.4 is 5.56 Å². The molecule has 0 amide bonds. The highest BCUT2D eigenvalue weighted by Crippen LogP contribution is 2.22. The Morgan fingerprint density at radius 3 is 2.48 bits per heavy atom. The van der Waals surface area contributed by atoms with Gasteiger partial charge in [0.05, 0.1) is 11.0 Å². The average molecular weight is 273 g/mol. The van der Waals surface area contributed by atoms with E-state index in [4.69, 9.17) is 0 Å². The lowest BCUT2D eigenvalue weighted by molar-refractivity contribution is 0.951. The number of hydrogen-bond acceptors (Lipinski definition) is 3. The average Bonchev–Trinajstić information content (AvgIpc) is 2.55. The Balaban J connectivity index is 2.07. The zero-order chi connectivity index (χ0) is 14.2. The summed E-state index contributed by atoms with van der Waals surface area (Å²) in [6, 6.07) is 16.8. The molecule has 0 saturated carbocycles. The Bertz CT molecular complexity index is 1020. The first-order valence-corrected chi connectivity index (χ1v) is 6.65. The molecule has 1 aromatic carbocycles. The maximum absolute atomic E-state index is 11.9. The Kier molecular flexibility index (Phi) is 2.54. The van der Waals surface area contributed by atoms with Crippen LogP contribution in [0.25, 0.3) is 27.6 Å². The van der Waals surface area contributed by atoms with Gasteiger partial charge in [0.25, 0.3) is 5.56 Å². The van der Waals surface area contributed by atoms with Gasteiger partial charge < -0.3 is 0 Å². The van der Waals surface area contributed by atoms with Gasteiger partial charge >= 0.3 is 0 Å². The Morgan fingerprint density at radius 1 is 0.810 bits per heavy atom. The summed E-state index contributed by atoms with van der Waals surface area (Å²) in [4.78, 5) is 21.0. The van der Waals surface area contributed by atoms with E-state index in [1.54, 1.807) is 18.5 Å². The normalized spacial score (nSPS) is 11.0. The standard InChI is InChI=1S/C17H11N3O/c21-15-5-1-2-11-20(15)14-9-8-13-7-6-12-4-3-10-18-16(12)17(13)19-14/h1-11H. The molecule has 0 saturated heterocycles. The van der Waals surface area contributed by atoms with Crippen LogP contribution in [0.4, 0.5) is 0 Å². The fraction of sp³-hybridized carbons (Fsp3) is 0. The van der Waals surface area contributed by atoms with E-state index in [0.29, 0.717) is 5.82 Å². The third-order valence-corrected chi connectivity index (χ3v) is 3.49. The molecule has 100 valence electrons. The van der Waals surface area contributed by atoms with Crippen LogP contribution in [-0.2, 0) is 0 Å². The molecule has 4 aromatic rings. The molecule has 0 N–H and O–H groups in total. The van der Waals surface area contributed by atoms with Crippen molar-refractivity contribution in [2.45, 2.75) is 0 Å². The molecule has 21 heavy (non-hydrogen) atoms. The second-order valence-corrected chi connectivity index (χ2v) is 4.79. The smallest absolute Gasteiger partial charge is 0.256 e. The van der Waals surface area contributed by atoms with Crippen LogP contribution in [0, 0.1) is 0 Å². The van der Waals surface area contributed by atoms with E-state index in [-0.39, 0.29) is 5.56 Å². The van der Waals surface area contributed by atoms with Crippen molar-refractivity contribution in [1.29, 1.82) is 0 Å². The topological polar surface area (TPSA) is 47.8 Å². The van der Waals surface area contributed by atoms with Crippen molar-refractivity contribution in [2.75, 3.05) is 0 Å². The first-order valence-electron chi connectivity index (χ1n) is 6.65. The molecule has 0 spiro atoms. The van der Waals surface area contributed by atoms with Crippen molar-refractivity contribution in [2.24, 2.45) is 0 Å². The lowest BCUT2D eigenvalue weighted by atomic mass is 10.1. The number of hydrogen-bond donors (Lipinski definition) is 0. The quantitative estimate of drug-likeness (QED) is 0.501. The molecular weight excluding hydrogens is 262 g/mol. The van der Waals surface area contributed by atoms with E-state index >= 15 is 0 Å². The van der Waals surface area contributed by atoms with Crippen molar-refractivity contribution in [3.8, 4) is 5.82 Å². The van der Waals surface area contributed by atoms with Gasteiger partial charge in [-0.3, -0.25) is 14.3 Å². The van der Waals surface area contributed by atoms with Crippen LogP contribution in [0.5, 0.6) is 0 Å². The van der Waals surface area contributed by atoms with E-state index < -0.39 is 0 Å². The van der Waals surface area contributed by atoms with Crippen molar-refractivity contribution in [3.63, 3.8) is 0 Å². The van der Waals surface area contributed by atoms with Crippen LogP contribution in [-0.4, -0.2) is 14.5 Å². The predicted octanol–water partition coefficient (Wildman–Crippen LogP) is 2.93. The summed E-state index contributed by atoms with van der Waals surface area (Å²) in [7, 11) is 0. The first kappa shape index (κ1) is 11.8. The molecule has 4 nitrogen and oxygen atoms in total. The minimum atomic E-state index is -0.0995. The van der Waals surface area contributed by atoms with Gasteiger partial charge in [-0.15, -0.1) is 0 Å². The van der Waals surface area contributed by atoms with Crippen molar-refractivity contribution >= 4 is 21.8 Å². The lowest BCUT2D eigenvalue weighted by Gasteiger charge is -2.07. The SMILES string of the molecule is O=c1ccccn1-c1ccc2ccc3cccnc3c2n1. The largest absolute Gasteiger partial charge is 0.269 e. The molecule has 0 bridgehead atoms. The maximum Gasteiger partial charge on any atom is 0.256 e. The van der Waals surface area contributed by atoms with E-state index in [0.717, 1.165) is 21.8 Å². The third-order valence-electron chi connectivity index (χ3n) is 3.49. The molecule has 3 aromatic heterocycles. The van der Waals surface area contributed by atoms with Crippen LogP contribution in [0.2, 0.25) is 0 Å². The summed E-state index contributed by atoms with van der Waals surface area (Å²) >= 11 is 0. The Morgan fingerprint density at radius 2 is 1.62 bits per heavy atom. The second-order valence-electron chi connectivity index (χ2n) is 4.79. The summed E-state index contributed by atoms with van der Waals surface area (Å²) in [6.07, 6.45) is 3.47. The predicted molar refractivity (Wildman–Crippen MR) is 82.6 cm³/mol. The van der Waals surface area contributed by atoms with Crippen molar-refractivity contribution < 1.29 is 0 Å². The minimum absolute atomic E-state index is 0.0995. The Hall–Kier alpha value is -3.01. The summed E-state index contributed by atoms with van der Waals surface area (Å²) < 4.78 is 1.53. The number of benzene rings is 1. The summed E-state index contributed by atoms with van der Waals surface area (Å²) in [5, 5.41) is 2.05. The molecule has 0 aliphatic rings. The van der Waals surface area contributed by atoms with Gasteiger partial charge in [-0.2, -0.15) is 0 Å². The van der Waals surface area contributed by atoms with Crippen molar-refractivity contribution in [3.05, 3.63) is 77.3 Å². The number of nitrogens with zero attached hydrogens (tertiary/aromatic N) is 3. The molecule has 0 fully saturated rings. The zero-order valence-electron chi connectivity index (χ0n) is 11.1. The number of pyridine rings is 3. The molecule has 4 rings (SSSR count). The fourth-order valence-electron chi connectivity index (χ4n) is 2.46. The van der Waals surface area contributed by atoms with E-state index in [2.05, 4.69) is 9.97 Å². The molecule has 4 heteroatoms. The second kappa shape index (κ2) is 4.52. The van der Waals surface area contributed by atoms with E-state index in [9.17, 15) is 4.79 Å². The van der Waals surface area contributed by atoms with Crippen LogP contribution in [0.1, 0.15) is 0 Å². The van der Waals surface area contributed by atoms with Crippen LogP contribution in [0.15, 0.2) is 71.8 Å². The summed E-state index contributed by atoms with van der Waals surface area (Å²) in [6.45, 7) is 0. The van der Waals surface area contributed by atoms with Gasteiger partial charge in [0, 0.05) is 29.2 Å². The molecule has 0 radical (unpaired) electrons. The highest BCUT2D eigenvalue weighted by molar-refractivity contribution is 6.02. The van der Waals surface area contributed by atoms with Crippen LogP contribution >= 0.6 is 0 Å².